The summed E-state index contributed by atoms with van der Waals surface area (Å²) >= 11 is 9.62. The first kappa shape index (κ1) is 13.1. The highest BCUT2D eigenvalue weighted by atomic mass is 79.9. The van der Waals surface area contributed by atoms with Gasteiger partial charge in [0.1, 0.15) is 0 Å². The van der Waals surface area contributed by atoms with E-state index in [9.17, 15) is 0 Å². The maximum Gasteiger partial charge on any atom is 0.0406 e. The predicted molar refractivity (Wildman–Crippen MR) is 71.9 cm³/mol. The van der Waals surface area contributed by atoms with E-state index in [1.165, 1.54) is 18.4 Å². The van der Waals surface area contributed by atoms with Crippen molar-refractivity contribution in [3.63, 3.8) is 0 Å². The maximum absolute atomic E-state index is 5.85. The van der Waals surface area contributed by atoms with E-state index in [1.807, 2.05) is 12.1 Å². The SMILES string of the molecule is CCCC(C)C(Br)Cc1ccc(Cl)cc1. The Labute approximate surface area is 106 Å². The van der Waals surface area contributed by atoms with Crippen LogP contribution in [0.3, 0.4) is 0 Å². The van der Waals surface area contributed by atoms with Gasteiger partial charge in [-0.1, -0.05) is 59.9 Å². The van der Waals surface area contributed by atoms with Crippen molar-refractivity contribution in [1.29, 1.82) is 0 Å². The minimum Gasteiger partial charge on any atom is -0.0884 e. The van der Waals surface area contributed by atoms with Crippen molar-refractivity contribution in [2.45, 2.75) is 37.9 Å². The van der Waals surface area contributed by atoms with Crippen LogP contribution in [0.15, 0.2) is 24.3 Å². The van der Waals surface area contributed by atoms with Gasteiger partial charge >= 0.3 is 0 Å². The van der Waals surface area contributed by atoms with Crippen LogP contribution in [-0.4, -0.2) is 4.83 Å². The van der Waals surface area contributed by atoms with Crippen LogP contribution >= 0.6 is 27.5 Å². The molecule has 0 bridgehead atoms. The van der Waals surface area contributed by atoms with Gasteiger partial charge in [0.2, 0.25) is 0 Å². The molecule has 1 rings (SSSR count). The van der Waals surface area contributed by atoms with Crippen LogP contribution in [0.25, 0.3) is 0 Å². The van der Waals surface area contributed by atoms with Crippen molar-refractivity contribution in [3.8, 4) is 0 Å². The Morgan fingerprint density at radius 1 is 1.27 bits per heavy atom. The molecule has 15 heavy (non-hydrogen) atoms. The van der Waals surface area contributed by atoms with Gasteiger partial charge < -0.3 is 0 Å². The van der Waals surface area contributed by atoms with E-state index < -0.39 is 0 Å². The second-order valence-electron chi connectivity index (χ2n) is 4.11. The van der Waals surface area contributed by atoms with Crippen molar-refractivity contribution < 1.29 is 0 Å². The van der Waals surface area contributed by atoms with Gasteiger partial charge in [-0.05, 0) is 36.5 Å². The number of benzene rings is 1. The molecule has 0 saturated carbocycles. The molecule has 1 aromatic rings. The lowest BCUT2D eigenvalue weighted by Gasteiger charge is -2.17. The monoisotopic (exact) mass is 288 g/mol. The first-order chi connectivity index (χ1) is 7.13. The zero-order valence-corrected chi connectivity index (χ0v) is 11.7. The summed E-state index contributed by atoms with van der Waals surface area (Å²) < 4.78 is 0. The van der Waals surface area contributed by atoms with Crippen LogP contribution in [-0.2, 0) is 6.42 Å². The van der Waals surface area contributed by atoms with Crippen molar-refractivity contribution in [1.82, 2.24) is 0 Å². The van der Waals surface area contributed by atoms with Gasteiger partial charge in [0.25, 0.3) is 0 Å². The fraction of sp³-hybridized carbons (Fsp3) is 0.538. The maximum atomic E-state index is 5.85. The molecule has 2 heteroatoms. The van der Waals surface area contributed by atoms with Crippen LogP contribution in [0.1, 0.15) is 32.3 Å². The Kier molecular flexibility index (Phi) is 5.70. The molecule has 0 radical (unpaired) electrons. The summed E-state index contributed by atoms with van der Waals surface area (Å²) in [5, 5.41) is 0.812. The van der Waals surface area contributed by atoms with Crippen molar-refractivity contribution in [2.75, 3.05) is 0 Å². The van der Waals surface area contributed by atoms with Gasteiger partial charge in [0.05, 0.1) is 0 Å². The van der Waals surface area contributed by atoms with E-state index in [4.69, 9.17) is 11.6 Å². The summed E-state index contributed by atoms with van der Waals surface area (Å²) in [5.74, 6) is 0.727. The average Bonchev–Trinajstić information content (AvgIpc) is 2.22. The van der Waals surface area contributed by atoms with Gasteiger partial charge in [-0.25, -0.2) is 0 Å². The zero-order valence-electron chi connectivity index (χ0n) is 9.34. The number of hydrogen-bond donors (Lipinski definition) is 0. The molecule has 2 atom stereocenters. The largest absolute Gasteiger partial charge is 0.0884 e. The van der Waals surface area contributed by atoms with Crippen LogP contribution in [0.2, 0.25) is 5.02 Å². The van der Waals surface area contributed by atoms with E-state index in [0.29, 0.717) is 4.83 Å². The van der Waals surface area contributed by atoms with Crippen molar-refractivity contribution in [2.24, 2.45) is 5.92 Å². The third-order valence-corrected chi connectivity index (χ3v) is 4.18. The number of rotatable bonds is 5. The Hall–Kier alpha value is -0.0100. The van der Waals surface area contributed by atoms with Gasteiger partial charge in [-0.15, -0.1) is 0 Å². The average molecular weight is 290 g/mol. The summed E-state index contributed by atoms with van der Waals surface area (Å²) in [6.45, 7) is 4.54. The van der Waals surface area contributed by atoms with Gasteiger partial charge in [0.15, 0.2) is 0 Å². The summed E-state index contributed by atoms with van der Waals surface area (Å²) in [4.78, 5) is 0.568. The van der Waals surface area contributed by atoms with Crippen LogP contribution in [0.4, 0.5) is 0 Å². The van der Waals surface area contributed by atoms with Crippen LogP contribution < -0.4 is 0 Å². The van der Waals surface area contributed by atoms with E-state index >= 15 is 0 Å². The van der Waals surface area contributed by atoms with Gasteiger partial charge in [0, 0.05) is 9.85 Å². The minimum atomic E-state index is 0.568. The second kappa shape index (κ2) is 6.55. The smallest absolute Gasteiger partial charge is 0.0406 e. The molecule has 0 heterocycles. The van der Waals surface area contributed by atoms with E-state index in [0.717, 1.165) is 17.4 Å². The molecule has 0 aliphatic heterocycles. The summed E-state index contributed by atoms with van der Waals surface area (Å²) in [5.41, 5.74) is 1.35. The summed E-state index contributed by atoms with van der Waals surface area (Å²) in [6.07, 6.45) is 3.62. The molecule has 1 aromatic carbocycles. The first-order valence-corrected chi connectivity index (χ1v) is 6.81. The zero-order chi connectivity index (χ0) is 11.3. The molecule has 0 aliphatic rings. The Morgan fingerprint density at radius 2 is 1.87 bits per heavy atom. The highest BCUT2D eigenvalue weighted by molar-refractivity contribution is 9.09. The van der Waals surface area contributed by atoms with E-state index in [1.54, 1.807) is 0 Å². The fourth-order valence-corrected chi connectivity index (χ4v) is 2.45. The molecule has 2 unspecified atom stereocenters. The normalized spacial score (nSPS) is 14.9. The number of halogens is 2. The van der Waals surface area contributed by atoms with Gasteiger partial charge in [-0.2, -0.15) is 0 Å². The molecule has 0 amide bonds. The first-order valence-electron chi connectivity index (χ1n) is 5.52. The Balaban J connectivity index is 2.50. The fourth-order valence-electron chi connectivity index (χ4n) is 1.68. The van der Waals surface area contributed by atoms with E-state index in [2.05, 4.69) is 41.9 Å². The van der Waals surface area contributed by atoms with Crippen LogP contribution in [0.5, 0.6) is 0 Å². The standard InChI is InChI=1S/C13H18BrCl/c1-3-4-10(2)13(14)9-11-5-7-12(15)8-6-11/h5-8,10,13H,3-4,9H2,1-2H3. The third kappa shape index (κ3) is 4.56. The number of alkyl halides is 1. The quantitative estimate of drug-likeness (QED) is 0.663. The topological polar surface area (TPSA) is 0 Å². The highest BCUT2D eigenvalue weighted by Crippen LogP contribution is 2.22. The Bertz CT molecular complexity index is 281. The summed E-state index contributed by atoms with van der Waals surface area (Å²) in [6, 6.07) is 8.13. The van der Waals surface area contributed by atoms with Crippen molar-refractivity contribution >= 4 is 27.5 Å². The number of hydrogen-bond acceptors (Lipinski definition) is 0. The Morgan fingerprint density at radius 3 is 2.40 bits per heavy atom. The molecule has 84 valence electrons. The lowest BCUT2D eigenvalue weighted by Crippen LogP contribution is -2.13. The molecule has 0 saturated heterocycles. The molecular weight excluding hydrogens is 272 g/mol. The summed E-state index contributed by atoms with van der Waals surface area (Å²) in [7, 11) is 0. The predicted octanol–water partition coefficient (Wildman–Crippen LogP) is 5.08. The molecular formula is C13H18BrCl. The van der Waals surface area contributed by atoms with Crippen molar-refractivity contribution in [3.05, 3.63) is 34.9 Å². The molecule has 0 nitrogen and oxygen atoms in total. The molecule has 0 spiro atoms. The van der Waals surface area contributed by atoms with Crippen LogP contribution in [0, 0.1) is 5.92 Å². The van der Waals surface area contributed by atoms with E-state index in [-0.39, 0.29) is 0 Å². The lowest BCUT2D eigenvalue weighted by molar-refractivity contribution is 0.505. The second-order valence-corrected chi connectivity index (χ2v) is 5.73. The molecule has 0 aromatic heterocycles. The lowest BCUT2D eigenvalue weighted by atomic mass is 9.97. The minimum absolute atomic E-state index is 0.568. The van der Waals surface area contributed by atoms with Gasteiger partial charge in [-0.3, -0.25) is 0 Å². The molecule has 0 aliphatic carbocycles. The highest BCUT2D eigenvalue weighted by Gasteiger charge is 2.13. The molecule has 0 N–H and O–H groups in total. The third-order valence-electron chi connectivity index (χ3n) is 2.71. The molecule has 0 fully saturated rings.